The maximum absolute atomic E-state index is 5.43. The van der Waals surface area contributed by atoms with Crippen LogP contribution in [0.5, 0.6) is 0 Å². The Morgan fingerprint density at radius 2 is 1.10 bits per heavy atom. The lowest BCUT2D eigenvalue weighted by Gasteiger charge is -2.33. The highest BCUT2D eigenvalue weighted by Crippen LogP contribution is 2.34. The van der Waals surface area contributed by atoms with Crippen LogP contribution in [0.2, 0.25) is 0 Å². The van der Waals surface area contributed by atoms with Crippen molar-refractivity contribution in [1.82, 2.24) is 25.9 Å². The van der Waals surface area contributed by atoms with E-state index in [4.69, 9.17) is 15.0 Å². The van der Waals surface area contributed by atoms with E-state index in [-0.39, 0.29) is 18.4 Å². The average Bonchev–Trinajstić information content (AvgIpc) is 3.31. The summed E-state index contributed by atoms with van der Waals surface area (Å²) < 4.78 is 0. The molecule has 3 unspecified atom stereocenters. The third kappa shape index (κ3) is 6.08. The second-order valence-corrected chi connectivity index (χ2v) is 15.0. The topological polar surface area (TPSA) is 74.2 Å². The molecule has 3 aliphatic rings. The molecule has 0 amide bonds. The fourth-order valence-electron chi connectivity index (χ4n) is 8.66. The minimum Gasteiger partial charge on any atom is -0.374 e. The number of nitrogens with one attached hydrogen (secondary N) is 3. The van der Waals surface area contributed by atoms with Crippen molar-refractivity contribution in [3.63, 3.8) is 0 Å². The fraction of sp³-hybridized carbons (Fsp3) is 0.0577. The van der Waals surface area contributed by atoms with Gasteiger partial charge in [0, 0.05) is 45.1 Å². The molecule has 6 aromatic carbocycles. The smallest absolute Gasteiger partial charge is 0.131 e. The molecular weight excluding hydrogens is 709 g/mol. The summed E-state index contributed by atoms with van der Waals surface area (Å²) in [5.74, 6) is 0.822. The third-order valence-corrected chi connectivity index (χ3v) is 11.4. The molecule has 1 aliphatic carbocycles. The maximum atomic E-state index is 5.43. The molecule has 58 heavy (non-hydrogen) atoms. The van der Waals surface area contributed by atoms with Gasteiger partial charge in [0.05, 0.1) is 22.8 Å². The van der Waals surface area contributed by atoms with E-state index in [2.05, 4.69) is 186 Å². The Morgan fingerprint density at radius 1 is 0.483 bits per heavy atom. The van der Waals surface area contributed by atoms with Crippen molar-refractivity contribution < 1.29 is 0 Å². The van der Waals surface area contributed by atoms with Gasteiger partial charge >= 0.3 is 0 Å². The van der Waals surface area contributed by atoms with Crippen molar-refractivity contribution in [3.05, 3.63) is 227 Å². The van der Waals surface area contributed by atoms with Crippen LogP contribution in [0.15, 0.2) is 199 Å². The van der Waals surface area contributed by atoms with Gasteiger partial charge in [-0.05, 0) is 68.9 Å². The molecule has 6 nitrogen and oxygen atoms in total. The molecule has 2 aromatic heterocycles. The van der Waals surface area contributed by atoms with E-state index in [0.29, 0.717) is 0 Å². The number of fused-ring (bicyclic) bond motifs is 4. The van der Waals surface area contributed by atoms with Gasteiger partial charge in [0.1, 0.15) is 18.2 Å². The number of hydrogen-bond acceptors (Lipinski definition) is 6. The monoisotopic (exact) mass is 746 g/mol. The summed E-state index contributed by atoms with van der Waals surface area (Å²) in [6.07, 6.45) is 11.8. The van der Waals surface area contributed by atoms with E-state index in [1.54, 1.807) is 0 Å². The molecule has 4 heterocycles. The van der Waals surface area contributed by atoms with E-state index >= 15 is 0 Å². The van der Waals surface area contributed by atoms with Crippen molar-refractivity contribution in [1.29, 1.82) is 0 Å². The first kappa shape index (κ1) is 33.9. The lowest BCUT2D eigenvalue weighted by atomic mass is 9.92. The number of aliphatic imine (C=N–C) groups is 1. The zero-order chi connectivity index (χ0) is 38.4. The Bertz CT molecular complexity index is 3130. The van der Waals surface area contributed by atoms with Crippen LogP contribution >= 0.6 is 0 Å². The first-order chi connectivity index (χ1) is 28.7. The highest BCUT2D eigenvalue weighted by molar-refractivity contribution is 6.00. The van der Waals surface area contributed by atoms with Crippen molar-refractivity contribution >= 4 is 38.9 Å². The highest BCUT2D eigenvalue weighted by Gasteiger charge is 2.27. The van der Waals surface area contributed by atoms with Crippen molar-refractivity contribution in [2.75, 3.05) is 0 Å². The summed E-state index contributed by atoms with van der Waals surface area (Å²) >= 11 is 0. The molecule has 3 atom stereocenters. The summed E-state index contributed by atoms with van der Waals surface area (Å²) in [7, 11) is 0. The normalized spacial score (nSPS) is 18.3. The van der Waals surface area contributed by atoms with Crippen molar-refractivity contribution in [3.8, 4) is 22.3 Å². The standard InChI is InChI=1S/C52H38N6/c1-2-24-45-43(22-1)44-23-3-4-27-46(44)55-49(45)37-16-7-19-40(32-37)52-57-50(38-17-5-14-35(30-38)41-25-8-12-33-20-10-28-53-47(33)41)56-51(58-52)39-18-6-15-36(31-39)42-26-9-13-34-21-11-29-54-48(34)42/h1-32,46,50-51,55-56H,(H,57,58). The maximum Gasteiger partial charge on any atom is 0.131 e. The Kier molecular flexibility index (Phi) is 8.34. The van der Waals surface area contributed by atoms with E-state index in [0.717, 1.165) is 77.8 Å². The number of benzene rings is 6. The second-order valence-electron chi connectivity index (χ2n) is 15.0. The molecule has 276 valence electrons. The van der Waals surface area contributed by atoms with Gasteiger partial charge in [-0.3, -0.25) is 15.3 Å². The molecule has 0 spiro atoms. The van der Waals surface area contributed by atoms with Crippen LogP contribution < -0.4 is 26.4 Å². The predicted octanol–water partition coefficient (Wildman–Crippen LogP) is 8.86. The van der Waals surface area contributed by atoms with Crippen LogP contribution in [0.25, 0.3) is 55.3 Å². The van der Waals surface area contributed by atoms with Crippen LogP contribution in [0.4, 0.5) is 0 Å². The molecule has 11 rings (SSSR count). The predicted molar refractivity (Wildman–Crippen MR) is 236 cm³/mol. The molecule has 0 saturated carbocycles. The number of nitrogens with zero attached hydrogens (tertiary/aromatic N) is 3. The number of amidine groups is 1. The Morgan fingerprint density at radius 3 is 1.86 bits per heavy atom. The lowest BCUT2D eigenvalue weighted by Crippen LogP contribution is -2.46. The molecule has 0 radical (unpaired) electrons. The largest absolute Gasteiger partial charge is 0.374 e. The molecule has 0 fully saturated rings. The number of hydrogen-bond donors (Lipinski definition) is 3. The third-order valence-electron chi connectivity index (χ3n) is 11.4. The first-order valence-corrected chi connectivity index (χ1v) is 19.8. The van der Waals surface area contributed by atoms with Gasteiger partial charge in [-0.25, -0.2) is 4.99 Å². The summed E-state index contributed by atoms with van der Waals surface area (Å²) in [5.41, 5.74) is 13.1. The zero-order valence-electron chi connectivity index (χ0n) is 31.5. The van der Waals surface area contributed by atoms with Gasteiger partial charge in [0.15, 0.2) is 0 Å². The summed E-state index contributed by atoms with van der Waals surface area (Å²) in [4.78, 5) is 15.0. The van der Waals surface area contributed by atoms with E-state index in [1.165, 1.54) is 16.0 Å². The quantitative estimate of drug-likeness (QED) is 0.159. The zero-order valence-corrected chi connectivity index (χ0v) is 31.5. The SMILES string of the molecule is C1=CC2=c3ccccc3=C(c3cccc(C4=NC(c5cccc(-c6cccc7cccnc67)c5)NC(c5cccc(-c6cccc7cccnc67)c5)N4)c3)NC2C=C1. The Hall–Kier alpha value is -7.41. The van der Waals surface area contributed by atoms with E-state index in [1.807, 2.05) is 24.5 Å². The number of aromatic nitrogens is 2. The van der Waals surface area contributed by atoms with Crippen LogP contribution in [0, 0.1) is 0 Å². The van der Waals surface area contributed by atoms with Gasteiger partial charge in [0.2, 0.25) is 0 Å². The van der Waals surface area contributed by atoms with E-state index < -0.39 is 0 Å². The molecule has 0 saturated heterocycles. The number of pyridine rings is 2. The van der Waals surface area contributed by atoms with Gasteiger partial charge in [-0.2, -0.15) is 0 Å². The second kappa shape index (κ2) is 14.3. The number of rotatable bonds is 6. The Balaban J connectivity index is 1.03. The molecule has 3 N–H and O–H groups in total. The van der Waals surface area contributed by atoms with Gasteiger partial charge in [-0.1, -0.05) is 152 Å². The van der Waals surface area contributed by atoms with Crippen LogP contribution in [-0.4, -0.2) is 21.8 Å². The number of allylic oxidation sites excluding steroid dienone is 2. The minimum absolute atomic E-state index is 0.107. The average molecular weight is 747 g/mol. The van der Waals surface area contributed by atoms with E-state index in [9.17, 15) is 0 Å². The Labute approximate surface area is 336 Å². The fourth-order valence-corrected chi connectivity index (χ4v) is 8.66. The molecule has 2 aliphatic heterocycles. The van der Waals surface area contributed by atoms with Gasteiger partial charge < -0.3 is 10.6 Å². The molecule has 8 aromatic rings. The van der Waals surface area contributed by atoms with Crippen LogP contribution in [0.1, 0.15) is 34.6 Å². The lowest BCUT2D eigenvalue weighted by molar-refractivity contribution is 0.409. The minimum atomic E-state index is -0.340. The van der Waals surface area contributed by atoms with Crippen molar-refractivity contribution in [2.24, 2.45) is 4.99 Å². The number of para-hydroxylation sites is 2. The summed E-state index contributed by atoms with van der Waals surface area (Å²) in [6, 6.07) is 55.9. The summed E-state index contributed by atoms with van der Waals surface area (Å²) in [6.45, 7) is 0. The molecular formula is C52H38N6. The highest BCUT2D eigenvalue weighted by atomic mass is 15.3. The van der Waals surface area contributed by atoms with Crippen LogP contribution in [-0.2, 0) is 0 Å². The van der Waals surface area contributed by atoms with Crippen molar-refractivity contribution in [2.45, 2.75) is 18.4 Å². The van der Waals surface area contributed by atoms with Gasteiger partial charge in [0.25, 0.3) is 0 Å². The van der Waals surface area contributed by atoms with Crippen LogP contribution in [0.3, 0.4) is 0 Å². The summed E-state index contributed by atoms with van der Waals surface area (Å²) in [5, 5.41) is 16.2. The van der Waals surface area contributed by atoms with Gasteiger partial charge in [-0.15, -0.1) is 0 Å². The molecule has 0 bridgehead atoms. The first-order valence-electron chi connectivity index (χ1n) is 19.8. The molecule has 6 heteroatoms.